The Morgan fingerprint density at radius 2 is 2.07 bits per heavy atom. The van der Waals surface area contributed by atoms with Gasteiger partial charge in [0.15, 0.2) is 6.10 Å². The van der Waals surface area contributed by atoms with Crippen LogP contribution in [0.4, 0.5) is 0 Å². The highest BCUT2D eigenvalue weighted by Crippen LogP contribution is 2.24. The molecule has 28 heavy (non-hydrogen) atoms. The van der Waals surface area contributed by atoms with Crippen LogP contribution in [0.1, 0.15) is 17.5 Å². The fourth-order valence-corrected chi connectivity index (χ4v) is 3.33. The number of benzene rings is 2. The minimum atomic E-state index is -0.238. The molecule has 1 atom stereocenters. The molecule has 2 aromatic rings. The minimum absolute atomic E-state index is 0.00885. The molecule has 0 saturated heterocycles. The van der Waals surface area contributed by atoms with Crippen molar-refractivity contribution in [1.29, 1.82) is 0 Å². The molecule has 0 fully saturated rings. The van der Waals surface area contributed by atoms with Crippen molar-refractivity contribution >= 4 is 23.2 Å². The van der Waals surface area contributed by atoms with Gasteiger partial charge in [0.05, 0.1) is 19.4 Å². The number of carbonyl (C=O) groups excluding carboxylic acids is 1. The third-order valence-electron chi connectivity index (χ3n) is 4.47. The average molecular weight is 403 g/mol. The van der Waals surface area contributed by atoms with Gasteiger partial charge < -0.3 is 19.2 Å². The molecule has 0 spiro atoms. The van der Waals surface area contributed by atoms with Gasteiger partial charge in [-0.05, 0) is 23.8 Å². The Hall–Kier alpha value is -2.57. The normalized spacial score (nSPS) is 15.7. The smallest absolute Gasteiger partial charge is 0.248 e. The summed E-state index contributed by atoms with van der Waals surface area (Å²) in [5, 5.41) is 4.82. The van der Waals surface area contributed by atoms with Crippen molar-refractivity contribution in [3.8, 4) is 5.75 Å². The van der Waals surface area contributed by atoms with E-state index in [0.717, 1.165) is 22.6 Å². The van der Waals surface area contributed by atoms with Crippen molar-refractivity contribution < 1.29 is 19.1 Å². The summed E-state index contributed by atoms with van der Waals surface area (Å²) in [6.45, 7) is 0.840. The summed E-state index contributed by atoms with van der Waals surface area (Å²) in [6, 6.07) is 15.2. The summed E-state index contributed by atoms with van der Waals surface area (Å²) < 4.78 is 10.3. The summed E-state index contributed by atoms with van der Waals surface area (Å²) in [5.74, 6) is 0.637. The Bertz CT molecular complexity index is 856. The lowest BCUT2D eigenvalue weighted by molar-refractivity contribution is -0.137. The lowest BCUT2D eigenvalue weighted by atomic mass is 10.0. The van der Waals surface area contributed by atoms with E-state index in [4.69, 9.17) is 25.9 Å². The van der Waals surface area contributed by atoms with Gasteiger partial charge >= 0.3 is 0 Å². The lowest BCUT2D eigenvalue weighted by Crippen LogP contribution is -2.39. The molecule has 1 aliphatic heterocycles. The average Bonchev–Trinajstić information content (AvgIpc) is 3.16. The molecule has 148 valence electrons. The van der Waals surface area contributed by atoms with Crippen LogP contribution in [0.15, 0.2) is 53.7 Å². The topological polar surface area (TPSA) is 60.4 Å². The van der Waals surface area contributed by atoms with Crippen LogP contribution in [0.3, 0.4) is 0 Å². The van der Waals surface area contributed by atoms with Crippen molar-refractivity contribution in [2.24, 2.45) is 5.16 Å². The number of nitrogens with zero attached hydrogens (tertiary/aromatic N) is 2. The number of hydrogen-bond acceptors (Lipinski definition) is 5. The summed E-state index contributed by atoms with van der Waals surface area (Å²) in [7, 11) is 3.12. The van der Waals surface area contributed by atoms with Gasteiger partial charge in [-0.3, -0.25) is 4.79 Å². The first-order valence-corrected chi connectivity index (χ1v) is 9.35. The first-order chi connectivity index (χ1) is 13.6. The molecular weight excluding hydrogens is 380 g/mol. The van der Waals surface area contributed by atoms with Crippen LogP contribution in [0.25, 0.3) is 0 Å². The third-order valence-corrected chi connectivity index (χ3v) is 4.80. The van der Waals surface area contributed by atoms with Gasteiger partial charge in [0.2, 0.25) is 5.91 Å². The quantitative estimate of drug-likeness (QED) is 0.677. The van der Waals surface area contributed by atoms with Gasteiger partial charge in [-0.25, -0.2) is 0 Å². The maximum Gasteiger partial charge on any atom is 0.248 e. The third kappa shape index (κ3) is 5.03. The Labute approximate surface area is 169 Å². The number of methoxy groups -OCH3 is 2. The molecule has 0 N–H and O–H groups in total. The number of ether oxygens (including phenoxy) is 2. The number of amides is 1. The van der Waals surface area contributed by atoms with Gasteiger partial charge in [0, 0.05) is 30.7 Å². The Kier molecular flexibility index (Phi) is 6.90. The van der Waals surface area contributed by atoms with E-state index in [-0.39, 0.29) is 18.6 Å². The molecule has 1 heterocycles. The van der Waals surface area contributed by atoms with E-state index in [1.807, 2.05) is 48.5 Å². The number of hydrogen-bond donors (Lipinski definition) is 0. The fourth-order valence-electron chi connectivity index (χ4n) is 3.09. The van der Waals surface area contributed by atoms with E-state index in [2.05, 4.69) is 5.16 Å². The Morgan fingerprint density at radius 3 is 2.82 bits per heavy atom. The van der Waals surface area contributed by atoms with Crippen molar-refractivity contribution in [3.05, 3.63) is 64.7 Å². The molecule has 0 bridgehead atoms. The zero-order valence-electron chi connectivity index (χ0n) is 15.9. The highest BCUT2D eigenvalue weighted by molar-refractivity contribution is 6.34. The number of halogens is 1. The van der Waals surface area contributed by atoms with Gasteiger partial charge in [-0.1, -0.05) is 47.1 Å². The van der Waals surface area contributed by atoms with Crippen molar-refractivity contribution in [3.63, 3.8) is 0 Å². The Balaban J connectivity index is 1.68. The largest absolute Gasteiger partial charge is 0.497 e. The number of carbonyl (C=O) groups is 1. The van der Waals surface area contributed by atoms with E-state index in [1.54, 1.807) is 12.0 Å². The maximum atomic E-state index is 12.6. The zero-order chi connectivity index (χ0) is 19.9. The van der Waals surface area contributed by atoms with E-state index < -0.39 is 0 Å². The van der Waals surface area contributed by atoms with E-state index in [9.17, 15) is 4.79 Å². The summed E-state index contributed by atoms with van der Waals surface area (Å²) in [4.78, 5) is 19.9. The molecule has 1 unspecified atom stereocenters. The maximum absolute atomic E-state index is 12.6. The van der Waals surface area contributed by atoms with Crippen molar-refractivity contribution in [2.75, 3.05) is 27.4 Å². The molecule has 0 aliphatic carbocycles. The van der Waals surface area contributed by atoms with E-state index >= 15 is 0 Å². The predicted octanol–water partition coefficient (Wildman–Crippen LogP) is 3.52. The summed E-state index contributed by atoms with van der Waals surface area (Å²) in [5.41, 5.74) is 2.61. The number of rotatable bonds is 8. The van der Waals surface area contributed by atoms with Crippen LogP contribution in [-0.4, -0.2) is 50.0 Å². The highest BCUT2D eigenvalue weighted by atomic mass is 35.5. The fraction of sp³-hybridized carbons (Fsp3) is 0.333. The molecular formula is C21H23ClN2O4. The zero-order valence-corrected chi connectivity index (χ0v) is 16.7. The van der Waals surface area contributed by atoms with E-state index in [1.165, 1.54) is 7.11 Å². The van der Waals surface area contributed by atoms with Crippen LogP contribution >= 0.6 is 11.6 Å². The first kappa shape index (κ1) is 20.2. The molecule has 0 radical (unpaired) electrons. The highest BCUT2D eigenvalue weighted by Gasteiger charge is 2.27. The Morgan fingerprint density at radius 1 is 1.25 bits per heavy atom. The van der Waals surface area contributed by atoms with Crippen molar-refractivity contribution in [1.82, 2.24) is 4.90 Å². The minimum Gasteiger partial charge on any atom is -0.497 e. The summed E-state index contributed by atoms with van der Waals surface area (Å²) in [6.07, 6.45) is 0.344. The van der Waals surface area contributed by atoms with Crippen LogP contribution in [0.2, 0.25) is 5.02 Å². The van der Waals surface area contributed by atoms with Gasteiger partial charge in [-0.15, -0.1) is 0 Å². The molecule has 1 aliphatic rings. The summed E-state index contributed by atoms with van der Waals surface area (Å²) >= 11 is 6.26. The SMILES string of the molecule is COCC(=O)N(Cc1cccc(OC)c1)CC1CC(c2ccccc2Cl)=NO1. The second-order valence-electron chi connectivity index (χ2n) is 6.51. The van der Waals surface area contributed by atoms with Crippen LogP contribution in [0.5, 0.6) is 5.75 Å². The molecule has 0 saturated carbocycles. The van der Waals surface area contributed by atoms with Crippen LogP contribution in [0, 0.1) is 0 Å². The molecule has 0 aromatic heterocycles. The van der Waals surface area contributed by atoms with Gasteiger partial charge in [0.25, 0.3) is 0 Å². The predicted molar refractivity (Wildman–Crippen MR) is 108 cm³/mol. The monoisotopic (exact) mass is 402 g/mol. The molecule has 1 amide bonds. The molecule has 7 heteroatoms. The lowest BCUT2D eigenvalue weighted by Gasteiger charge is -2.25. The van der Waals surface area contributed by atoms with Crippen LogP contribution in [-0.2, 0) is 20.9 Å². The molecule has 2 aromatic carbocycles. The standard InChI is InChI=1S/C21H23ClN2O4/c1-26-14-21(25)24(12-15-6-5-7-16(10-15)27-2)13-17-11-20(23-28-17)18-8-3-4-9-19(18)22/h3-10,17H,11-14H2,1-2H3. The molecule has 3 rings (SSSR count). The van der Waals surface area contributed by atoms with Crippen LogP contribution < -0.4 is 4.74 Å². The van der Waals surface area contributed by atoms with Gasteiger partial charge in [-0.2, -0.15) is 0 Å². The first-order valence-electron chi connectivity index (χ1n) is 8.98. The van der Waals surface area contributed by atoms with E-state index in [0.29, 0.717) is 24.5 Å². The van der Waals surface area contributed by atoms with Crippen molar-refractivity contribution in [2.45, 2.75) is 19.1 Å². The second kappa shape index (κ2) is 9.57. The van der Waals surface area contributed by atoms with Gasteiger partial charge in [0.1, 0.15) is 12.4 Å². The molecule has 6 nitrogen and oxygen atoms in total. The second-order valence-corrected chi connectivity index (χ2v) is 6.92. The number of oxime groups is 1.